The number of likely N-dealkylation sites (N-methyl/N-ethyl adjacent to an activating group) is 1. The highest BCUT2D eigenvalue weighted by Crippen LogP contribution is 2.15. The van der Waals surface area contributed by atoms with Crippen molar-refractivity contribution in [3.63, 3.8) is 0 Å². The molecule has 0 spiro atoms. The molecule has 1 aromatic heterocycles. The van der Waals surface area contributed by atoms with E-state index in [1.807, 2.05) is 0 Å². The van der Waals surface area contributed by atoms with Crippen molar-refractivity contribution < 1.29 is 9.53 Å². The number of aromatic nitrogens is 2. The average molecular weight is 288 g/mol. The number of amides is 1. The Labute approximate surface area is 121 Å². The Bertz CT molecular complexity index is 694. The number of hydrogen-bond acceptors (Lipinski definition) is 5. The SMILES string of the molecule is COc1ccc(=O)n(CC(=O)N(C)c2ccc(N)cc2)n1. The molecule has 0 fully saturated rings. The van der Waals surface area contributed by atoms with Crippen LogP contribution in [0.4, 0.5) is 11.4 Å². The van der Waals surface area contributed by atoms with Gasteiger partial charge in [0.05, 0.1) is 7.11 Å². The molecule has 2 rings (SSSR count). The van der Waals surface area contributed by atoms with Crippen molar-refractivity contribution in [1.29, 1.82) is 0 Å². The summed E-state index contributed by atoms with van der Waals surface area (Å²) in [6.07, 6.45) is 0. The number of carbonyl (C=O) groups excluding carboxylic acids is 1. The van der Waals surface area contributed by atoms with Crippen LogP contribution in [0.15, 0.2) is 41.2 Å². The maximum Gasteiger partial charge on any atom is 0.267 e. The van der Waals surface area contributed by atoms with Gasteiger partial charge in [0.1, 0.15) is 6.54 Å². The summed E-state index contributed by atoms with van der Waals surface area (Å²) in [6, 6.07) is 9.63. The molecule has 7 heteroatoms. The molecule has 110 valence electrons. The molecule has 0 saturated carbocycles. The summed E-state index contributed by atoms with van der Waals surface area (Å²) in [4.78, 5) is 25.3. The lowest BCUT2D eigenvalue weighted by Crippen LogP contribution is -2.34. The van der Waals surface area contributed by atoms with Crippen LogP contribution in [-0.4, -0.2) is 29.8 Å². The van der Waals surface area contributed by atoms with Gasteiger partial charge < -0.3 is 15.4 Å². The van der Waals surface area contributed by atoms with Crippen LogP contribution in [0, 0.1) is 0 Å². The van der Waals surface area contributed by atoms with Gasteiger partial charge in [-0.25, -0.2) is 4.68 Å². The van der Waals surface area contributed by atoms with Crippen molar-refractivity contribution in [2.45, 2.75) is 6.54 Å². The zero-order chi connectivity index (χ0) is 15.4. The van der Waals surface area contributed by atoms with Gasteiger partial charge in [-0.05, 0) is 24.3 Å². The van der Waals surface area contributed by atoms with E-state index >= 15 is 0 Å². The van der Waals surface area contributed by atoms with Crippen molar-refractivity contribution in [3.05, 3.63) is 46.8 Å². The number of carbonyl (C=O) groups is 1. The lowest BCUT2D eigenvalue weighted by Gasteiger charge is -2.17. The third-order valence-electron chi connectivity index (χ3n) is 2.99. The number of anilines is 2. The van der Waals surface area contributed by atoms with Gasteiger partial charge >= 0.3 is 0 Å². The molecule has 0 unspecified atom stereocenters. The number of rotatable bonds is 4. The quantitative estimate of drug-likeness (QED) is 0.827. The summed E-state index contributed by atoms with van der Waals surface area (Å²) in [7, 11) is 3.07. The smallest absolute Gasteiger partial charge is 0.267 e. The van der Waals surface area contributed by atoms with Crippen molar-refractivity contribution in [3.8, 4) is 5.88 Å². The van der Waals surface area contributed by atoms with Crippen LogP contribution in [0.25, 0.3) is 0 Å². The lowest BCUT2D eigenvalue weighted by molar-refractivity contribution is -0.119. The fourth-order valence-electron chi connectivity index (χ4n) is 1.73. The Morgan fingerprint density at radius 1 is 1.29 bits per heavy atom. The number of nitrogens with zero attached hydrogens (tertiary/aromatic N) is 3. The maximum absolute atomic E-state index is 12.2. The Kier molecular flexibility index (Phi) is 4.22. The zero-order valence-corrected chi connectivity index (χ0v) is 11.8. The molecule has 0 saturated heterocycles. The van der Waals surface area contributed by atoms with Crippen LogP contribution < -0.4 is 20.9 Å². The van der Waals surface area contributed by atoms with Gasteiger partial charge in [-0.2, -0.15) is 0 Å². The minimum Gasteiger partial charge on any atom is -0.480 e. The van der Waals surface area contributed by atoms with Gasteiger partial charge in [0, 0.05) is 30.6 Å². The number of ether oxygens (including phenoxy) is 1. The number of nitrogens with two attached hydrogens (primary N) is 1. The second kappa shape index (κ2) is 6.08. The summed E-state index contributed by atoms with van der Waals surface area (Å²) < 4.78 is 6.00. The third kappa shape index (κ3) is 3.38. The van der Waals surface area contributed by atoms with Crippen molar-refractivity contribution in [2.75, 3.05) is 24.8 Å². The van der Waals surface area contributed by atoms with Gasteiger partial charge in [0.25, 0.3) is 5.56 Å². The second-order valence-electron chi connectivity index (χ2n) is 4.42. The zero-order valence-electron chi connectivity index (χ0n) is 11.8. The van der Waals surface area contributed by atoms with Crippen LogP contribution in [-0.2, 0) is 11.3 Å². The van der Waals surface area contributed by atoms with E-state index < -0.39 is 0 Å². The molecular formula is C14H16N4O3. The predicted molar refractivity (Wildman–Crippen MR) is 79.3 cm³/mol. The topological polar surface area (TPSA) is 90.5 Å². The van der Waals surface area contributed by atoms with Gasteiger partial charge in [-0.1, -0.05) is 0 Å². The van der Waals surface area contributed by atoms with Gasteiger partial charge in [-0.3, -0.25) is 9.59 Å². The first-order valence-corrected chi connectivity index (χ1v) is 6.25. The van der Waals surface area contributed by atoms with Gasteiger partial charge in [0.15, 0.2) is 0 Å². The highest BCUT2D eigenvalue weighted by Gasteiger charge is 2.13. The largest absolute Gasteiger partial charge is 0.480 e. The molecule has 21 heavy (non-hydrogen) atoms. The molecule has 1 aromatic carbocycles. The standard InChI is InChI=1S/C14H16N4O3/c1-17(11-5-3-10(15)4-6-11)14(20)9-18-13(19)8-7-12(16-18)21-2/h3-8H,9,15H2,1-2H3. The van der Waals surface area contributed by atoms with Crippen molar-refractivity contribution in [2.24, 2.45) is 0 Å². The first-order valence-electron chi connectivity index (χ1n) is 6.25. The maximum atomic E-state index is 12.2. The summed E-state index contributed by atoms with van der Waals surface area (Å²) in [5.74, 6) is 0.000150. The average Bonchev–Trinajstić information content (AvgIpc) is 2.49. The summed E-state index contributed by atoms with van der Waals surface area (Å²) in [6.45, 7) is -0.170. The molecule has 0 atom stereocenters. The Morgan fingerprint density at radius 3 is 2.57 bits per heavy atom. The van der Waals surface area contributed by atoms with E-state index in [0.29, 0.717) is 11.4 Å². The van der Waals surface area contributed by atoms with Crippen LogP contribution >= 0.6 is 0 Å². The molecule has 0 bridgehead atoms. The summed E-state index contributed by atoms with van der Waals surface area (Å²) in [5.41, 5.74) is 6.54. The normalized spacial score (nSPS) is 10.2. The van der Waals surface area contributed by atoms with Crippen LogP contribution in [0.5, 0.6) is 5.88 Å². The lowest BCUT2D eigenvalue weighted by atomic mass is 10.2. The summed E-state index contributed by atoms with van der Waals surface area (Å²) in [5, 5.41) is 3.94. The molecule has 2 aromatic rings. The molecule has 2 N–H and O–H groups in total. The molecule has 0 radical (unpaired) electrons. The fourth-order valence-corrected chi connectivity index (χ4v) is 1.73. The first kappa shape index (κ1) is 14.6. The van der Waals surface area contributed by atoms with Crippen molar-refractivity contribution in [1.82, 2.24) is 9.78 Å². The van der Waals surface area contributed by atoms with Crippen LogP contribution in [0.2, 0.25) is 0 Å². The second-order valence-corrected chi connectivity index (χ2v) is 4.42. The third-order valence-corrected chi connectivity index (χ3v) is 2.99. The minimum absolute atomic E-state index is 0.170. The Balaban J connectivity index is 2.17. The van der Waals surface area contributed by atoms with E-state index in [0.717, 1.165) is 4.68 Å². The van der Waals surface area contributed by atoms with E-state index in [2.05, 4.69) is 5.10 Å². The molecule has 0 aliphatic heterocycles. The van der Waals surface area contributed by atoms with E-state index in [1.54, 1.807) is 31.3 Å². The fraction of sp³-hybridized carbons (Fsp3) is 0.214. The molecule has 1 heterocycles. The van der Waals surface area contributed by atoms with Crippen LogP contribution in [0.3, 0.4) is 0 Å². The number of nitrogen functional groups attached to an aromatic ring is 1. The first-order chi connectivity index (χ1) is 10.0. The van der Waals surface area contributed by atoms with E-state index in [-0.39, 0.29) is 23.9 Å². The number of benzene rings is 1. The molecule has 0 aliphatic rings. The molecule has 0 aliphatic carbocycles. The highest BCUT2D eigenvalue weighted by molar-refractivity contribution is 5.92. The van der Waals surface area contributed by atoms with Gasteiger partial charge in [0.2, 0.25) is 11.8 Å². The Hall–Kier alpha value is -2.83. The molecule has 7 nitrogen and oxygen atoms in total. The molecular weight excluding hydrogens is 272 g/mol. The highest BCUT2D eigenvalue weighted by atomic mass is 16.5. The minimum atomic E-state index is -0.366. The number of methoxy groups -OCH3 is 1. The van der Waals surface area contributed by atoms with E-state index in [1.165, 1.54) is 24.1 Å². The predicted octanol–water partition coefficient (Wildman–Crippen LogP) is 0.497. The van der Waals surface area contributed by atoms with E-state index in [4.69, 9.17) is 10.5 Å². The van der Waals surface area contributed by atoms with Crippen LogP contribution in [0.1, 0.15) is 0 Å². The number of hydrogen-bond donors (Lipinski definition) is 1. The monoisotopic (exact) mass is 288 g/mol. The van der Waals surface area contributed by atoms with Crippen molar-refractivity contribution >= 4 is 17.3 Å². The Morgan fingerprint density at radius 2 is 1.95 bits per heavy atom. The summed E-state index contributed by atoms with van der Waals surface area (Å²) >= 11 is 0. The van der Waals surface area contributed by atoms with Gasteiger partial charge in [-0.15, -0.1) is 5.10 Å². The van der Waals surface area contributed by atoms with E-state index in [9.17, 15) is 9.59 Å². The molecule has 1 amide bonds.